The number of carbonyl (C=O) groups is 1. The maximum absolute atomic E-state index is 12.8. The molecule has 9 heteroatoms. The molecule has 1 aromatic heterocycles. The highest BCUT2D eigenvalue weighted by atomic mass is 32.2. The van der Waals surface area contributed by atoms with Crippen LogP contribution in [0.3, 0.4) is 0 Å². The minimum absolute atomic E-state index is 0.114. The van der Waals surface area contributed by atoms with E-state index in [1.54, 1.807) is 55.6 Å². The normalized spacial score (nSPS) is 19.2. The zero-order valence-electron chi connectivity index (χ0n) is 19.4. The molecule has 33 heavy (non-hydrogen) atoms. The summed E-state index contributed by atoms with van der Waals surface area (Å²) in [4.78, 5) is 21.8. The number of sulfone groups is 1. The van der Waals surface area contributed by atoms with E-state index in [1.807, 2.05) is 10.3 Å². The van der Waals surface area contributed by atoms with Gasteiger partial charge in [0.1, 0.15) is 6.10 Å². The number of benzene rings is 1. The smallest absolute Gasteiger partial charge is 0.273 e. The summed E-state index contributed by atoms with van der Waals surface area (Å²) in [7, 11) is -3.29. The standard InChI is InChI=1S/C24H33N3O4S2/c1-18(2)33(29,30)22-5-3-19(4-6-22)17-23(28)27-12-7-20(8-13-27)26-14-9-21(10-15-26)31-24-25-11-16-32-24/h3-6,11,16,18,20-21H,7-10,12-15,17H2,1-2H3. The monoisotopic (exact) mass is 491 g/mol. The van der Waals surface area contributed by atoms with Crippen molar-refractivity contribution in [3.63, 3.8) is 0 Å². The Kier molecular flexibility index (Phi) is 7.71. The average Bonchev–Trinajstić information content (AvgIpc) is 3.33. The number of nitrogens with zero attached hydrogens (tertiary/aromatic N) is 3. The van der Waals surface area contributed by atoms with E-state index in [1.165, 1.54) is 0 Å². The quantitative estimate of drug-likeness (QED) is 0.591. The van der Waals surface area contributed by atoms with Crippen LogP contribution in [0.5, 0.6) is 5.19 Å². The van der Waals surface area contributed by atoms with Crippen molar-refractivity contribution in [3.05, 3.63) is 41.4 Å². The molecule has 2 saturated heterocycles. The summed E-state index contributed by atoms with van der Waals surface area (Å²) in [5.74, 6) is 0.114. The maximum Gasteiger partial charge on any atom is 0.273 e. The molecular formula is C24H33N3O4S2. The van der Waals surface area contributed by atoms with Crippen LogP contribution in [0.25, 0.3) is 0 Å². The molecule has 1 amide bonds. The van der Waals surface area contributed by atoms with Crippen molar-refractivity contribution in [2.45, 2.75) is 68.2 Å². The van der Waals surface area contributed by atoms with Gasteiger partial charge in [-0.1, -0.05) is 23.5 Å². The second-order valence-electron chi connectivity index (χ2n) is 9.18. The third-order valence-corrected chi connectivity index (χ3v) is 9.55. The molecule has 7 nitrogen and oxygen atoms in total. The fraction of sp³-hybridized carbons (Fsp3) is 0.583. The van der Waals surface area contributed by atoms with Crippen molar-refractivity contribution in [1.82, 2.24) is 14.8 Å². The number of thiazole rings is 1. The van der Waals surface area contributed by atoms with Crippen molar-refractivity contribution in [3.8, 4) is 5.19 Å². The summed E-state index contributed by atoms with van der Waals surface area (Å²) in [5, 5.41) is 2.24. The highest BCUT2D eigenvalue weighted by Gasteiger charge is 2.30. The molecule has 4 rings (SSSR count). The molecule has 3 heterocycles. The second-order valence-corrected chi connectivity index (χ2v) is 12.5. The zero-order chi connectivity index (χ0) is 23.4. The van der Waals surface area contributed by atoms with Crippen LogP contribution in [0, 0.1) is 0 Å². The summed E-state index contributed by atoms with van der Waals surface area (Å²) < 4.78 is 30.5. The first-order chi connectivity index (χ1) is 15.8. The largest absolute Gasteiger partial charge is 0.467 e. The number of hydrogen-bond acceptors (Lipinski definition) is 7. The average molecular weight is 492 g/mol. The Labute approximate surface area is 200 Å². The van der Waals surface area contributed by atoms with Gasteiger partial charge in [-0.25, -0.2) is 13.4 Å². The molecule has 2 aliphatic rings. The van der Waals surface area contributed by atoms with E-state index in [0.29, 0.717) is 17.4 Å². The molecule has 0 atom stereocenters. The van der Waals surface area contributed by atoms with Crippen LogP contribution in [0.1, 0.15) is 45.1 Å². The Balaban J connectivity index is 1.22. The molecule has 2 fully saturated rings. The fourth-order valence-corrected chi connectivity index (χ4v) is 6.22. The van der Waals surface area contributed by atoms with Crippen LogP contribution in [-0.2, 0) is 21.1 Å². The number of ether oxygens (including phenoxy) is 1. The molecule has 0 radical (unpaired) electrons. The first kappa shape index (κ1) is 24.2. The van der Waals surface area contributed by atoms with Crippen molar-refractivity contribution in [2.75, 3.05) is 26.2 Å². The molecule has 2 aliphatic heterocycles. The first-order valence-corrected chi connectivity index (χ1v) is 14.2. The molecule has 0 saturated carbocycles. The molecular weight excluding hydrogens is 458 g/mol. The van der Waals surface area contributed by atoms with Gasteiger partial charge in [0, 0.05) is 43.8 Å². The maximum atomic E-state index is 12.8. The van der Waals surface area contributed by atoms with Crippen molar-refractivity contribution in [1.29, 1.82) is 0 Å². The van der Waals surface area contributed by atoms with Gasteiger partial charge in [-0.2, -0.15) is 0 Å². The van der Waals surface area contributed by atoms with Gasteiger partial charge in [-0.3, -0.25) is 9.69 Å². The van der Waals surface area contributed by atoms with Crippen molar-refractivity contribution in [2.24, 2.45) is 0 Å². The van der Waals surface area contributed by atoms with Crippen molar-refractivity contribution < 1.29 is 17.9 Å². The lowest BCUT2D eigenvalue weighted by Crippen LogP contribution is -2.50. The highest BCUT2D eigenvalue weighted by molar-refractivity contribution is 7.92. The van der Waals surface area contributed by atoms with Gasteiger partial charge in [0.05, 0.1) is 16.6 Å². The summed E-state index contributed by atoms with van der Waals surface area (Å²) in [6, 6.07) is 7.28. The molecule has 180 valence electrons. The van der Waals surface area contributed by atoms with Crippen LogP contribution in [0.2, 0.25) is 0 Å². The van der Waals surface area contributed by atoms with Gasteiger partial charge >= 0.3 is 0 Å². The number of amides is 1. The molecule has 2 aromatic rings. The van der Waals surface area contributed by atoms with Crippen LogP contribution < -0.4 is 4.74 Å². The van der Waals surface area contributed by atoms with E-state index in [2.05, 4.69) is 9.88 Å². The lowest BCUT2D eigenvalue weighted by molar-refractivity contribution is -0.132. The molecule has 0 aliphatic carbocycles. The first-order valence-electron chi connectivity index (χ1n) is 11.7. The minimum Gasteiger partial charge on any atom is -0.467 e. The predicted octanol–water partition coefficient (Wildman–Crippen LogP) is 3.40. The van der Waals surface area contributed by atoms with Gasteiger partial charge in [0.15, 0.2) is 9.84 Å². The molecule has 0 bridgehead atoms. The number of piperidine rings is 2. The summed E-state index contributed by atoms with van der Waals surface area (Å²) in [6.07, 6.45) is 6.35. The number of likely N-dealkylation sites (tertiary alicyclic amines) is 2. The predicted molar refractivity (Wildman–Crippen MR) is 129 cm³/mol. The number of hydrogen-bond donors (Lipinski definition) is 0. The van der Waals surface area contributed by atoms with Crippen LogP contribution in [0.15, 0.2) is 40.7 Å². The summed E-state index contributed by atoms with van der Waals surface area (Å²) in [5.41, 5.74) is 0.854. The van der Waals surface area contributed by atoms with E-state index >= 15 is 0 Å². The summed E-state index contributed by atoms with van der Waals surface area (Å²) >= 11 is 1.54. The Morgan fingerprint density at radius 2 is 1.76 bits per heavy atom. The van der Waals surface area contributed by atoms with E-state index in [9.17, 15) is 13.2 Å². The molecule has 0 N–H and O–H groups in total. The Hall–Kier alpha value is -1.97. The van der Waals surface area contributed by atoms with Crippen LogP contribution >= 0.6 is 11.3 Å². The van der Waals surface area contributed by atoms with Gasteiger partial charge < -0.3 is 9.64 Å². The zero-order valence-corrected chi connectivity index (χ0v) is 21.0. The number of rotatable bonds is 7. The molecule has 0 spiro atoms. The second kappa shape index (κ2) is 10.5. The van der Waals surface area contributed by atoms with Gasteiger partial charge in [0.2, 0.25) is 5.91 Å². The SMILES string of the molecule is CC(C)S(=O)(=O)c1ccc(CC(=O)N2CCC(N3CCC(Oc4nccs4)CC3)CC2)cc1. The lowest BCUT2D eigenvalue weighted by atomic mass is 9.98. The van der Waals surface area contributed by atoms with Crippen LogP contribution in [0.4, 0.5) is 0 Å². The van der Waals surface area contributed by atoms with Gasteiger partial charge in [0.25, 0.3) is 5.19 Å². The highest BCUT2D eigenvalue weighted by Crippen LogP contribution is 2.25. The molecule has 0 unspecified atom stereocenters. The van der Waals surface area contributed by atoms with E-state index in [4.69, 9.17) is 4.74 Å². The summed E-state index contributed by atoms with van der Waals surface area (Å²) in [6.45, 7) is 6.96. The lowest BCUT2D eigenvalue weighted by Gasteiger charge is -2.41. The third-order valence-electron chi connectivity index (χ3n) is 6.72. The van der Waals surface area contributed by atoms with E-state index in [-0.39, 0.29) is 12.0 Å². The third kappa shape index (κ3) is 5.94. The van der Waals surface area contributed by atoms with Crippen LogP contribution in [-0.4, -0.2) is 72.7 Å². The Morgan fingerprint density at radius 3 is 2.33 bits per heavy atom. The van der Waals surface area contributed by atoms with Gasteiger partial charge in [-0.05, 0) is 57.2 Å². The topological polar surface area (TPSA) is 79.8 Å². The fourth-order valence-electron chi connectivity index (χ4n) is 4.61. The minimum atomic E-state index is -3.29. The number of aromatic nitrogens is 1. The Morgan fingerprint density at radius 1 is 1.09 bits per heavy atom. The van der Waals surface area contributed by atoms with E-state index < -0.39 is 15.1 Å². The number of carbonyl (C=O) groups excluding carboxylic acids is 1. The van der Waals surface area contributed by atoms with E-state index in [0.717, 1.165) is 62.6 Å². The molecule has 1 aromatic carbocycles. The van der Waals surface area contributed by atoms with Gasteiger partial charge in [-0.15, -0.1) is 0 Å². The Bertz CT molecular complexity index is 1010. The van der Waals surface area contributed by atoms with Crippen molar-refractivity contribution >= 4 is 27.1 Å².